The van der Waals surface area contributed by atoms with E-state index in [0.717, 1.165) is 12.3 Å². The van der Waals surface area contributed by atoms with Gasteiger partial charge >= 0.3 is 0 Å². The lowest BCUT2D eigenvalue weighted by Gasteiger charge is -2.34. The van der Waals surface area contributed by atoms with Gasteiger partial charge in [0.15, 0.2) is 0 Å². The smallest absolute Gasteiger partial charge is 0.0407 e. The summed E-state index contributed by atoms with van der Waals surface area (Å²) < 4.78 is 0. The molecule has 0 saturated carbocycles. The molecule has 2 nitrogen and oxygen atoms in total. The third-order valence-corrected chi connectivity index (χ3v) is 4.48. The lowest BCUT2D eigenvalue weighted by atomic mass is 9.99. The van der Waals surface area contributed by atoms with Crippen LogP contribution in [0, 0.1) is 12.8 Å². The van der Waals surface area contributed by atoms with Gasteiger partial charge in [-0.3, -0.25) is 9.88 Å². The van der Waals surface area contributed by atoms with Crippen molar-refractivity contribution < 1.29 is 0 Å². The Bertz CT molecular complexity index is 381. The fourth-order valence-corrected chi connectivity index (χ4v) is 2.69. The predicted molar refractivity (Wildman–Crippen MR) is 76.7 cm³/mol. The molecule has 1 aromatic rings. The van der Waals surface area contributed by atoms with E-state index in [-0.39, 0.29) is 0 Å². The summed E-state index contributed by atoms with van der Waals surface area (Å²) in [5, 5.41) is 0. The number of aryl methyl sites for hydroxylation is 1. The molecule has 0 N–H and O–H groups in total. The first-order chi connectivity index (χ1) is 8.51. The average Bonchev–Trinajstić information content (AvgIpc) is 2.81. The third-order valence-electron chi connectivity index (χ3n) is 4.48. The molecule has 0 radical (unpaired) electrons. The summed E-state index contributed by atoms with van der Waals surface area (Å²) in [6, 6.07) is 4.36. The van der Waals surface area contributed by atoms with Gasteiger partial charge in [-0.15, -0.1) is 0 Å². The van der Waals surface area contributed by atoms with Gasteiger partial charge in [-0.2, -0.15) is 0 Å². The highest BCUT2D eigenvalue weighted by atomic mass is 15.2. The zero-order valence-electron chi connectivity index (χ0n) is 12.2. The SMILES string of the molecule is CCC(C)(C)N1CCC(Cc2ccc(C)cn2)C1. The van der Waals surface area contributed by atoms with Crippen molar-refractivity contribution in [1.29, 1.82) is 0 Å². The number of hydrogen-bond acceptors (Lipinski definition) is 2. The standard InChI is InChI=1S/C16H26N2/c1-5-16(3,4)18-9-8-14(12-18)10-15-7-6-13(2)11-17-15/h6-7,11,14H,5,8-10,12H2,1-4H3. The van der Waals surface area contributed by atoms with Gasteiger partial charge in [0.05, 0.1) is 0 Å². The summed E-state index contributed by atoms with van der Waals surface area (Å²) in [6.45, 7) is 11.6. The second-order valence-electron chi connectivity index (χ2n) is 6.30. The predicted octanol–water partition coefficient (Wildman–Crippen LogP) is 3.44. The number of hydrogen-bond donors (Lipinski definition) is 0. The molecule has 1 aliphatic rings. The normalized spacial score (nSPS) is 21.4. The quantitative estimate of drug-likeness (QED) is 0.809. The van der Waals surface area contributed by atoms with Crippen LogP contribution in [0.15, 0.2) is 18.3 Å². The molecule has 1 aromatic heterocycles. The van der Waals surface area contributed by atoms with Crippen LogP contribution in [0.1, 0.15) is 44.9 Å². The van der Waals surface area contributed by atoms with Crippen LogP contribution in [0.2, 0.25) is 0 Å². The molecular formula is C16H26N2. The van der Waals surface area contributed by atoms with Crippen LogP contribution in [-0.2, 0) is 6.42 Å². The molecule has 1 atom stereocenters. The lowest BCUT2D eigenvalue weighted by molar-refractivity contribution is 0.144. The minimum absolute atomic E-state index is 0.357. The third kappa shape index (κ3) is 3.11. The number of likely N-dealkylation sites (tertiary alicyclic amines) is 1. The van der Waals surface area contributed by atoms with Gasteiger partial charge in [0, 0.05) is 24.0 Å². The fraction of sp³-hybridized carbons (Fsp3) is 0.688. The highest BCUT2D eigenvalue weighted by molar-refractivity contribution is 5.13. The Hall–Kier alpha value is -0.890. The highest BCUT2D eigenvalue weighted by Crippen LogP contribution is 2.28. The molecule has 18 heavy (non-hydrogen) atoms. The summed E-state index contributed by atoms with van der Waals surface area (Å²) in [5.41, 5.74) is 2.86. The molecule has 1 saturated heterocycles. The zero-order valence-corrected chi connectivity index (χ0v) is 12.2. The first-order valence-electron chi connectivity index (χ1n) is 7.18. The van der Waals surface area contributed by atoms with Crippen LogP contribution < -0.4 is 0 Å². The van der Waals surface area contributed by atoms with Gasteiger partial charge in [0.25, 0.3) is 0 Å². The van der Waals surface area contributed by atoms with E-state index in [1.807, 2.05) is 6.20 Å². The highest BCUT2D eigenvalue weighted by Gasteiger charge is 2.32. The summed E-state index contributed by atoms with van der Waals surface area (Å²) in [4.78, 5) is 7.18. The molecule has 1 fully saturated rings. The van der Waals surface area contributed by atoms with Crippen molar-refractivity contribution in [2.24, 2.45) is 5.92 Å². The Morgan fingerprint density at radius 3 is 2.78 bits per heavy atom. The van der Waals surface area contributed by atoms with Crippen molar-refractivity contribution in [3.8, 4) is 0 Å². The van der Waals surface area contributed by atoms with Crippen LogP contribution in [0.5, 0.6) is 0 Å². The first kappa shape index (κ1) is 13.5. The van der Waals surface area contributed by atoms with Crippen LogP contribution in [0.4, 0.5) is 0 Å². The maximum atomic E-state index is 4.53. The van der Waals surface area contributed by atoms with Crippen LogP contribution in [0.25, 0.3) is 0 Å². The lowest BCUT2D eigenvalue weighted by Crippen LogP contribution is -2.41. The molecule has 1 aliphatic heterocycles. The molecule has 0 amide bonds. The van der Waals surface area contributed by atoms with E-state index in [2.05, 4.69) is 49.7 Å². The van der Waals surface area contributed by atoms with Crippen molar-refractivity contribution in [3.63, 3.8) is 0 Å². The van der Waals surface area contributed by atoms with E-state index < -0.39 is 0 Å². The monoisotopic (exact) mass is 246 g/mol. The second-order valence-corrected chi connectivity index (χ2v) is 6.30. The number of rotatable bonds is 4. The molecule has 0 aromatic carbocycles. The van der Waals surface area contributed by atoms with Gasteiger partial charge in [-0.05, 0) is 64.1 Å². The minimum atomic E-state index is 0.357. The molecule has 2 heteroatoms. The molecule has 1 unspecified atom stereocenters. The molecule has 2 rings (SSSR count). The van der Waals surface area contributed by atoms with E-state index in [9.17, 15) is 0 Å². The van der Waals surface area contributed by atoms with E-state index in [1.165, 1.54) is 37.2 Å². The summed E-state index contributed by atoms with van der Waals surface area (Å²) in [7, 11) is 0. The van der Waals surface area contributed by atoms with Gasteiger partial charge in [-0.1, -0.05) is 13.0 Å². The maximum absolute atomic E-state index is 4.53. The maximum Gasteiger partial charge on any atom is 0.0407 e. The molecule has 0 bridgehead atoms. The van der Waals surface area contributed by atoms with Crippen molar-refractivity contribution in [2.45, 2.75) is 52.5 Å². The van der Waals surface area contributed by atoms with Crippen molar-refractivity contribution in [2.75, 3.05) is 13.1 Å². The van der Waals surface area contributed by atoms with E-state index in [4.69, 9.17) is 0 Å². The van der Waals surface area contributed by atoms with Crippen LogP contribution >= 0.6 is 0 Å². The summed E-state index contributed by atoms with van der Waals surface area (Å²) >= 11 is 0. The van der Waals surface area contributed by atoms with Crippen LogP contribution in [0.3, 0.4) is 0 Å². The Morgan fingerprint density at radius 1 is 1.39 bits per heavy atom. The van der Waals surface area contributed by atoms with Gasteiger partial charge in [-0.25, -0.2) is 0 Å². The zero-order chi connectivity index (χ0) is 13.2. The van der Waals surface area contributed by atoms with E-state index >= 15 is 0 Å². The fourth-order valence-electron chi connectivity index (χ4n) is 2.69. The summed E-state index contributed by atoms with van der Waals surface area (Å²) in [5.74, 6) is 0.783. The Morgan fingerprint density at radius 2 is 2.17 bits per heavy atom. The number of aromatic nitrogens is 1. The summed E-state index contributed by atoms with van der Waals surface area (Å²) in [6.07, 6.45) is 5.66. The van der Waals surface area contributed by atoms with Gasteiger partial charge in [0.2, 0.25) is 0 Å². The van der Waals surface area contributed by atoms with Crippen molar-refractivity contribution in [1.82, 2.24) is 9.88 Å². The van der Waals surface area contributed by atoms with Crippen LogP contribution in [-0.4, -0.2) is 28.5 Å². The second kappa shape index (κ2) is 5.40. The van der Waals surface area contributed by atoms with Gasteiger partial charge in [0.1, 0.15) is 0 Å². The molecule has 0 spiro atoms. The van der Waals surface area contributed by atoms with Crippen molar-refractivity contribution >= 4 is 0 Å². The molecular weight excluding hydrogens is 220 g/mol. The first-order valence-corrected chi connectivity index (χ1v) is 7.18. The minimum Gasteiger partial charge on any atom is -0.298 e. The Kier molecular flexibility index (Phi) is 4.06. The number of pyridine rings is 1. The topological polar surface area (TPSA) is 16.1 Å². The Labute approximate surface area is 111 Å². The molecule has 2 heterocycles. The molecule has 100 valence electrons. The van der Waals surface area contributed by atoms with E-state index in [0.29, 0.717) is 5.54 Å². The van der Waals surface area contributed by atoms with Crippen molar-refractivity contribution in [3.05, 3.63) is 29.6 Å². The average molecular weight is 246 g/mol. The van der Waals surface area contributed by atoms with E-state index in [1.54, 1.807) is 0 Å². The number of nitrogens with zero attached hydrogens (tertiary/aromatic N) is 2. The molecule has 0 aliphatic carbocycles. The Balaban J connectivity index is 1.92. The largest absolute Gasteiger partial charge is 0.298 e. The van der Waals surface area contributed by atoms with Gasteiger partial charge < -0.3 is 0 Å².